The van der Waals surface area contributed by atoms with E-state index in [0.717, 1.165) is 4.47 Å². The molecule has 1 atom stereocenters. The number of hydrogen-bond donors (Lipinski definition) is 2. The van der Waals surface area contributed by atoms with Crippen LogP contribution in [0.5, 0.6) is 0 Å². The van der Waals surface area contributed by atoms with Gasteiger partial charge in [-0.1, -0.05) is 28.9 Å². The molecule has 0 saturated heterocycles. The van der Waals surface area contributed by atoms with Crippen molar-refractivity contribution in [1.82, 2.24) is 5.32 Å². The van der Waals surface area contributed by atoms with E-state index in [0.29, 0.717) is 5.56 Å². The van der Waals surface area contributed by atoms with Crippen LogP contribution in [0.2, 0.25) is 0 Å². The largest absolute Gasteiger partial charge is 0.481 e. The number of hydrogen-bond acceptors (Lipinski definition) is 2. The lowest BCUT2D eigenvalue weighted by molar-refractivity contribution is -0.140. The number of halogens is 1. The average Bonchev–Trinajstić information content (AvgIpc) is 2.25. The highest BCUT2D eigenvalue weighted by atomic mass is 79.9. The Hall–Kier alpha value is -1.36. The van der Waals surface area contributed by atoms with Gasteiger partial charge in [0.25, 0.3) is 5.91 Å². The van der Waals surface area contributed by atoms with E-state index in [1.54, 1.807) is 25.1 Å². The van der Waals surface area contributed by atoms with Crippen molar-refractivity contribution >= 4 is 27.8 Å². The number of aliphatic carboxylic acids is 1. The number of nitrogens with one attached hydrogen (secondary N) is 1. The van der Waals surface area contributed by atoms with Gasteiger partial charge < -0.3 is 10.4 Å². The van der Waals surface area contributed by atoms with Gasteiger partial charge in [0.15, 0.2) is 0 Å². The molecule has 0 heterocycles. The van der Waals surface area contributed by atoms with Crippen molar-refractivity contribution < 1.29 is 14.7 Å². The summed E-state index contributed by atoms with van der Waals surface area (Å²) in [7, 11) is 0. The molecule has 0 aliphatic heterocycles. The van der Waals surface area contributed by atoms with Crippen molar-refractivity contribution in [3.8, 4) is 0 Å². The molecule has 0 saturated carbocycles. The predicted molar refractivity (Wildman–Crippen MR) is 63.3 cm³/mol. The summed E-state index contributed by atoms with van der Waals surface area (Å²) >= 11 is 3.26. The van der Waals surface area contributed by atoms with Gasteiger partial charge in [-0.2, -0.15) is 0 Å². The van der Waals surface area contributed by atoms with E-state index in [9.17, 15) is 9.59 Å². The summed E-state index contributed by atoms with van der Waals surface area (Å²) < 4.78 is 0.812. The lowest BCUT2D eigenvalue weighted by atomic mass is 10.1. The zero-order valence-corrected chi connectivity index (χ0v) is 10.3. The monoisotopic (exact) mass is 285 g/mol. The first-order valence-corrected chi connectivity index (χ1v) is 5.56. The number of rotatable bonds is 4. The summed E-state index contributed by atoms with van der Waals surface area (Å²) in [4.78, 5) is 22.1. The van der Waals surface area contributed by atoms with E-state index >= 15 is 0 Å². The number of carbonyl (C=O) groups is 2. The van der Waals surface area contributed by atoms with Crippen molar-refractivity contribution in [1.29, 1.82) is 0 Å². The molecule has 0 spiro atoms. The summed E-state index contributed by atoms with van der Waals surface area (Å²) in [6.45, 7) is 1.67. The van der Waals surface area contributed by atoms with Crippen LogP contribution in [-0.2, 0) is 4.79 Å². The molecular weight excluding hydrogens is 274 g/mol. The summed E-state index contributed by atoms with van der Waals surface area (Å²) in [6.07, 6.45) is 0. The highest BCUT2D eigenvalue weighted by Gasteiger charge is 2.12. The van der Waals surface area contributed by atoms with Crippen LogP contribution in [0.4, 0.5) is 0 Å². The van der Waals surface area contributed by atoms with E-state index in [2.05, 4.69) is 21.2 Å². The molecule has 1 aromatic carbocycles. The molecule has 0 radical (unpaired) electrons. The standard InChI is InChI=1S/C11H12BrNO3/c1-7(11(15)16)6-13-10(14)8-3-2-4-9(12)5-8/h2-5,7H,6H2,1H3,(H,13,14)(H,15,16). The van der Waals surface area contributed by atoms with Crippen LogP contribution in [0.15, 0.2) is 28.7 Å². The molecule has 5 heteroatoms. The topological polar surface area (TPSA) is 66.4 Å². The van der Waals surface area contributed by atoms with Crippen LogP contribution in [0, 0.1) is 5.92 Å². The van der Waals surface area contributed by atoms with Crippen LogP contribution >= 0.6 is 15.9 Å². The SMILES string of the molecule is CC(CNC(=O)c1cccc(Br)c1)C(=O)O. The van der Waals surface area contributed by atoms with Gasteiger partial charge in [0.05, 0.1) is 5.92 Å². The van der Waals surface area contributed by atoms with Crippen molar-refractivity contribution in [2.24, 2.45) is 5.92 Å². The Bertz CT molecular complexity index is 406. The lowest BCUT2D eigenvalue weighted by Gasteiger charge is -2.08. The molecule has 86 valence electrons. The maximum Gasteiger partial charge on any atom is 0.308 e. The third-order valence-corrected chi connectivity index (χ3v) is 2.57. The Morgan fingerprint density at radius 1 is 1.50 bits per heavy atom. The molecular formula is C11H12BrNO3. The normalized spacial score (nSPS) is 11.9. The van der Waals surface area contributed by atoms with Crippen LogP contribution in [0.25, 0.3) is 0 Å². The third kappa shape index (κ3) is 3.66. The molecule has 16 heavy (non-hydrogen) atoms. The Balaban J connectivity index is 2.56. The van der Waals surface area contributed by atoms with Gasteiger partial charge in [0.2, 0.25) is 0 Å². The van der Waals surface area contributed by atoms with Gasteiger partial charge in [-0.05, 0) is 18.2 Å². The first-order valence-electron chi connectivity index (χ1n) is 4.77. The molecule has 0 aliphatic rings. The summed E-state index contributed by atoms with van der Waals surface area (Å²) in [5.74, 6) is -1.78. The number of carboxylic acid groups (broad SMARTS) is 1. The maximum absolute atomic E-state index is 11.6. The molecule has 0 aliphatic carbocycles. The zero-order valence-electron chi connectivity index (χ0n) is 8.74. The fraction of sp³-hybridized carbons (Fsp3) is 0.273. The smallest absolute Gasteiger partial charge is 0.308 e. The number of carboxylic acids is 1. The number of benzene rings is 1. The number of amides is 1. The maximum atomic E-state index is 11.6. The summed E-state index contributed by atoms with van der Waals surface area (Å²) in [5, 5.41) is 11.2. The second-order valence-corrected chi connectivity index (χ2v) is 4.38. The highest BCUT2D eigenvalue weighted by Crippen LogP contribution is 2.11. The van der Waals surface area contributed by atoms with E-state index in [1.165, 1.54) is 0 Å². The summed E-state index contributed by atoms with van der Waals surface area (Å²) in [6, 6.07) is 6.92. The Kier molecular flexibility index (Phi) is 4.49. The Morgan fingerprint density at radius 2 is 2.19 bits per heavy atom. The van der Waals surface area contributed by atoms with Crippen LogP contribution in [0.3, 0.4) is 0 Å². The van der Waals surface area contributed by atoms with E-state index in [-0.39, 0.29) is 12.5 Å². The molecule has 4 nitrogen and oxygen atoms in total. The van der Waals surface area contributed by atoms with Crippen molar-refractivity contribution in [3.63, 3.8) is 0 Å². The van der Waals surface area contributed by atoms with E-state index in [1.807, 2.05) is 6.07 Å². The fourth-order valence-corrected chi connectivity index (χ4v) is 1.46. The molecule has 1 amide bonds. The van der Waals surface area contributed by atoms with Gasteiger partial charge in [0, 0.05) is 16.6 Å². The summed E-state index contributed by atoms with van der Waals surface area (Å²) in [5.41, 5.74) is 0.506. The van der Waals surface area contributed by atoms with Gasteiger partial charge in [-0.15, -0.1) is 0 Å². The first kappa shape index (κ1) is 12.7. The Morgan fingerprint density at radius 3 is 2.75 bits per heavy atom. The molecule has 0 fully saturated rings. The van der Waals surface area contributed by atoms with Crippen LogP contribution in [-0.4, -0.2) is 23.5 Å². The average molecular weight is 286 g/mol. The second kappa shape index (κ2) is 5.65. The van der Waals surface area contributed by atoms with Gasteiger partial charge in [-0.25, -0.2) is 0 Å². The molecule has 0 bridgehead atoms. The molecule has 2 N–H and O–H groups in total. The molecule has 1 unspecified atom stereocenters. The highest BCUT2D eigenvalue weighted by molar-refractivity contribution is 9.10. The quantitative estimate of drug-likeness (QED) is 0.888. The predicted octanol–water partition coefficient (Wildman–Crippen LogP) is 1.90. The molecule has 1 rings (SSSR count). The molecule has 0 aromatic heterocycles. The minimum absolute atomic E-state index is 0.126. The zero-order chi connectivity index (χ0) is 12.1. The number of carbonyl (C=O) groups excluding carboxylic acids is 1. The van der Waals surface area contributed by atoms with Crippen molar-refractivity contribution in [2.45, 2.75) is 6.92 Å². The third-order valence-electron chi connectivity index (χ3n) is 2.08. The minimum atomic E-state index is -0.922. The van der Waals surface area contributed by atoms with Crippen molar-refractivity contribution in [2.75, 3.05) is 6.54 Å². The first-order chi connectivity index (χ1) is 7.50. The van der Waals surface area contributed by atoms with Gasteiger partial charge >= 0.3 is 5.97 Å². The second-order valence-electron chi connectivity index (χ2n) is 3.46. The van der Waals surface area contributed by atoms with Crippen LogP contribution in [0.1, 0.15) is 17.3 Å². The minimum Gasteiger partial charge on any atom is -0.481 e. The van der Waals surface area contributed by atoms with Gasteiger partial charge in [0.1, 0.15) is 0 Å². The van der Waals surface area contributed by atoms with Gasteiger partial charge in [-0.3, -0.25) is 9.59 Å². The van der Waals surface area contributed by atoms with E-state index < -0.39 is 11.9 Å². The fourth-order valence-electron chi connectivity index (χ4n) is 1.06. The lowest BCUT2D eigenvalue weighted by Crippen LogP contribution is -2.31. The van der Waals surface area contributed by atoms with Crippen molar-refractivity contribution in [3.05, 3.63) is 34.3 Å². The van der Waals surface area contributed by atoms with E-state index in [4.69, 9.17) is 5.11 Å². The Labute approximate surface area is 102 Å². The van der Waals surface area contributed by atoms with Crippen LogP contribution < -0.4 is 5.32 Å². The molecule has 1 aromatic rings.